The van der Waals surface area contributed by atoms with Gasteiger partial charge in [-0.1, -0.05) is 28.1 Å². The van der Waals surface area contributed by atoms with Gasteiger partial charge in [-0.3, -0.25) is 0 Å². The minimum absolute atomic E-state index is 0.250. The quantitative estimate of drug-likeness (QED) is 0.528. The van der Waals surface area contributed by atoms with Gasteiger partial charge in [0, 0.05) is 21.0 Å². The summed E-state index contributed by atoms with van der Waals surface area (Å²) in [5.41, 5.74) is 1.72. The van der Waals surface area contributed by atoms with Crippen LogP contribution in [0.4, 0.5) is 13.2 Å². The van der Waals surface area contributed by atoms with E-state index in [2.05, 4.69) is 26.0 Å². The molecule has 3 aromatic rings. The summed E-state index contributed by atoms with van der Waals surface area (Å²) >= 11 is 4.54. The fourth-order valence-electron chi connectivity index (χ4n) is 3.10. The second-order valence-corrected chi connectivity index (χ2v) is 7.66. The van der Waals surface area contributed by atoms with Gasteiger partial charge < -0.3 is 0 Å². The molecule has 25 heavy (non-hydrogen) atoms. The number of halogens is 4. The highest BCUT2D eigenvalue weighted by molar-refractivity contribution is 9.10. The van der Waals surface area contributed by atoms with Gasteiger partial charge in [0.25, 0.3) is 0 Å². The van der Waals surface area contributed by atoms with Crippen LogP contribution in [0.25, 0.3) is 16.4 Å². The molecule has 0 radical (unpaired) electrons. The molecule has 4 rings (SSSR count). The Balaban J connectivity index is 1.80. The average molecular weight is 428 g/mol. The third-order valence-corrected chi connectivity index (χ3v) is 5.58. The molecule has 0 saturated carbocycles. The lowest BCUT2D eigenvalue weighted by Gasteiger charge is -2.13. The van der Waals surface area contributed by atoms with Crippen molar-refractivity contribution in [3.63, 3.8) is 0 Å². The molecular weight excluding hydrogens is 415 g/mol. The average Bonchev–Trinajstić information content (AvgIpc) is 3.19. The molecule has 0 fully saturated rings. The van der Waals surface area contributed by atoms with Crippen LogP contribution in [0.3, 0.4) is 0 Å². The normalized spacial score (nSPS) is 14.6. The molecule has 0 atom stereocenters. The first-order valence-electron chi connectivity index (χ1n) is 7.83. The number of hydrogen-bond donors (Lipinski definition) is 0. The molecule has 0 aliphatic heterocycles. The first-order chi connectivity index (χ1) is 11.9. The van der Waals surface area contributed by atoms with Crippen LogP contribution in [-0.4, -0.2) is 14.8 Å². The summed E-state index contributed by atoms with van der Waals surface area (Å²) in [6.45, 7) is 0. The largest absolute Gasteiger partial charge is 0.433 e. The SMILES string of the molecule is FC(F)(F)c1c2c(nn1-c1nc(-c3ccc(Br)cc3)cs1)CCCC2. The summed E-state index contributed by atoms with van der Waals surface area (Å²) in [5.74, 6) is 0. The standard InChI is InChI=1S/C17H13BrF3N3S/c18-11-7-5-10(6-8-11)14-9-25-16(22-14)24-15(17(19,20)21)12-3-1-2-4-13(12)23-24/h5-9H,1-4H2. The Labute approximate surface area is 154 Å². The van der Waals surface area contributed by atoms with Gasteiger partial charge in [-0.15, -0.1) is 11.3 Å². The molecule has 0 amide bonds. The lowest BCUT2D eigenvalue weighted by Crippen LogP contribution is -2.16. The minimum atomic E-state index is -4.44. The van der Waals surface area contributed by atoms with Crippen molar-refractivity contribution in [2.45, 2.75) is 31.9 Å². The Morgan fingerprint density at radius 2 is 1.80 bits per heavy atom. The highest BCUT2D eigenvalue weighted by Gasteiger charge is 2.41. The highest BCUT2D eigenvalue weighted by atomic mass is 79.9. The Kier molecular flexibility index (Phi) is 4.19. The molecule has 3 nitrogen and oxygen atoms in total. The predicted molar refractivity (Wildman–Crippen MR) is 94.0 cm³/mol. The molecule has 1 aromatic carbocycles. The zero-order valence-corrected chi connectivity index (χ0v) is 15.4. The lowest BCUT2D eigenvalue weighted by atomic mass is 9.96. The van der Waals surface area contributed by atoms with Gasteiger partial charge in [-0.25, -0.2) is 9.67 Å². The van der Waals surface area contributed by atoms with Crippen LogP contribution in [0.2, 0.25) is 0 Å². The molecule has 0 unspecified atom stereocenters. The molecule has 1 aliphatic rings. The van der Waals surface area contributed by atoms with Crippen LogP contribution < -0.4 is 0 Å². The van der Waals surface area contributed by atoms with Gasteiger partial charge in [-0.05, 0) is 37.8 Å². The van der Waals surface area contributed by atoms with Crippen LogP contribution in [0, 0.1) is 0 Å². The number of thiazole rings is 1. The van der Waals surface area contributed by atoms with Gasteiger partial charge in [0.15, 0.2) is 5.69 Å². The maximum atomic E-state index is 13.6. The van der Waals surface area contributed by atoms with Gasteiger partial charge in [0.1, 0.15) is 0 Å². The van der Waals surface area contributed by atoms with Crippen LogP contribution in [0.5, 0.6) is 0 Å². The van der Waals surface area contributed by atoms with E-state index in [0.29, 0.717) is 29.8 Å². The summed E-state index contributed by atoms with van der Waals surface area (Å²) in [6.07, 6.45) is -1.78. The molecule has 0 N–H and O–H groups in total. The Hall–Kier alpha value is -1.67. The maximum Gasteiger partial charge on any atom is 0.433 e. The zero-order valence-electron chi connectivity index (χ0n) is 13.0. The van der Waals surface area contributed by atoms with E-state index in [1.165, 1.54) is 11.3 Å². The van der Waals surface area contributed by atoms with Gasteiger partial charge in [-0.2, -0.15) is 18.3 Å². The van der Waals surface area contributed by atoms with E-state index >= 15 is 0 Å². The van der Waals surface area contributed by atoms with Gasteiger partial charge in [0.05, 0.1) is 11.4 Å². The molecular formula is C17H13BrF3N3S. The lowest BCUT2D eigenvalue weighted by molar-refractivity contribution is -0.143. The summed E-state index contributed by atoms with van der Waals surface area (Å²) < 4.78 is 42.8. The van der Waals surface area contributed by atoms with E-state index in [0.717, 1.165) is 27.6 Å². The number of benzene rings is 1. The van der Waals surface area contributed by atoms with E-state index < -0.39 is 11.9 Å². The zero-order chi connectivity index (χ0) is 17.6. The minimum Gasteiger partial charge on any atom is -0.218 e. The van der Waals surface area contributed by atoms with Gasteiger partial charge >= 0.3 is 6.18 Å². The molecule has 0 bridgehead atoms. The number of fused-ring (bicyclic) bond motifs is 1. The van der Waals surface area contributed by atoms with Crippen molar-refractivity contribution in [3.05, 3.63) is 51.1 Å². The highest BCUT2D eigenvalue weighted by Crippen LogP contribution is 2.38. The number of aromatic nitrogens is 3. The number of nitrogens with zero attached hydrogens (tertiary/aromatic N) is 3. The number of rotatable bonds is 2. The first kappa shape index (κ1) is 16.8. The Morgan fingerprint density at radius 3 is 2.52 bits per heavy atom. The van der Waals surface area contributed by atoms with Crippen molar-refractivity contribution < 1.29 is 13.2 Å². The second-order valence-electron chi connectivity index (χ2n) is 5.91. The fourth-order valence-corrected chi connectivity index (χ4v) is 4.15. The summed E-state index contributed by atoms with van der Waals surface area (Å²) in [4.78, 5) is 4.40. The van der Waals surface area contributed by atoms with E-state index in [1.807, 2.05) is 24.3 Å². The van der Waals surface area contributed by atoms with Crippen molar-refractivity contribution in [2.75, 3.05) is 0 Å². The fraction of sp³-hybridized carbons (Fsp3) is 0.294. The second kappa shape index (κ2) is 6.25. The topological polar surface area (TPSA) is 30.7 Å². The number of aryl methyl sites for hydroxylation is 1. The van der Waals surface area contributed by atoms with Crippen molar-refractivity contribution in [3.8, 4) is 16.4 Å². The number of hydrogen-bond acceptors (Lipinski definition) is 3. The van der Waals surface area contributed by atoms with Gasteiger partial charge in [0.2, 0.25) is 5.13 Å². The first-order valence-corrected chi connectivity index (χ1v) is 9.50. The van der Waals surface area contributed by atoms with Crippen molar-refractivity contribution in [1.82, 2.24) is 14.8 Å². The third kappa shape index (κ3) is 3.13. The van der Waals surface area contributed by atoms with Crippen molar-refractivity contribution in [2.24, 2.45) is 0 Å². The molecule has 130 valence electrons. The summed E-state index contributed by atoms with van der Waals surface area (Å²) in [7, 11) is 0. The van der Waals surface area contributed by atoms with Crippen LogP contribution >= 0.6 is 27.3 Å². The van der Waals surface area contributed by atoms with E-state index in [-0.39, 0.29) is 5.13 Å². The monoisotopic (exact) mass is 427 g/mol. The van der Waals surface area contributed by atoms with Crippen molar-refractivity contribution >= 4 is 27.3 Å². The summed E-state index contributed by atoms with van der Waals surface area (Å²) in [5, 5.41) is 6.26. The molecule has 2 aromatic heterocycles. The van der Waals surface area contributed by atoms with Crippen LogP contribution in [-0.2, 0) is 19.0 Å². The molecule has 8 heteroatoms. The molecule has 0 saturated heterocycles. The van der Waals surface area contributed by atoms with E-state index in [4.69, 9.17) is 0 Å². The Morgan fingerprint density at radius 1 is 1.08 bits per heavy atom. The maximum absolute atomic E-state index is 13.6. The van der Waals surface area contributed by atoms with Crippen LogP contribution in [0.15, 0.2) is 34.1 Å². The van der Waals surface area contributed by atoms with Crippen molar-refractivity contribution in [1.29, 1.82) is 0 Å². The number of alkyl halides is 3. The molecule has 2 heterocycles. The predicted octanol–water partition coefficient (Wildman–Crippen LogP) is 5.66. The van der Waals surface area contributed by atoms with E-state index in [9.17, 15) is 13.2 Å². The van der Waals surface area contributed by atoms with E-state index in [1.54, 1.807) is 5.38 Å². The summed E-state index contributed by atoms with van der Waals surface area (Å²) in [6, 6.07) is 7.51. The molecule has 0 spiro atoms. The van der Waals surface area contributed by atoms with Crippen LogP contribution in [0.1, 0.15) is 29.8 Å². The Bertz CT molecular complexity index is 912. The third-order valence-electron chi connectivity index (χ3n) is 4.24. The molecule has 1 aliphatic carbocycles. The smallest absolute Gasteiger partial charge is 0.218 e.